The minimum atomic E-state index is -0.367. The lowest BCUT2D eigenvalue weighted by molar-refractivity contribution is -0.384. The predicted molar refractivity (Wildman–Crippen MR) is 113 cm³/mol. The summed E-state index contributed by atoms with van der Waals surface area (Å²) < 4.78 is 5.41. The van der Waals surface area contributed by atoms with Crippen LogP contribution in [0.1, 0.15) is 5.56 Å². The van der Waals surface area contributed by atoms with Crippen molar-refractivity contribution in [2.24, 2.45) is 0 Å². The summed E-state index contributed by atoms with van der Waals surface area (Å²) in [6.45, 7) is 0.673. The lowest BCUT2D eigenvalue weighted by atomic mass is 10.1. The van der Waals surface area contributed by atoms with Gasteiger partial charge in [0.15, 0.2) is 5.82 Å². The van der Waals surface area contributed by atoms with Crippen LogP contribution in [0.25, 0.3) is 22.3 Å². The number of ether oxygens (including phenoxy) is 1. The zero-order valence-electron chi connectivity index (χ0n) is 16.1. The minimum Gasteiger partial charge on any atom is -0.497 e. The van der Waals surface area contributed by atoms with Gasteiger partial charge < -0.3 is 9.64 Å². The first-order chi connectivity index (χ1) is 14.6. The Balaban J connectivity index is 1.71. The van der Waals surface area contributed by atoms with Crippen molar-refractivity contribution in [2.75, 3.05) is 18.6 Å². The molecule has 3 heterocycles. The van der Waals surface area contributed by atoms with Gasteiger partial charge in [0.2, 0.25) is 0 Å². The molecule has 0 N–H and O–H groups in total. The van der Waals surface area contributed by atoms with Crippen LogP contribution in [-0.4, -0.2) is 33.5 Å². The fourth-order valence-corrected chi connectivity index (χ4v) is 3.77. The van der Waals surface area contributed by atoms with Crippen molar-refractivity contribution < 1.29 is 9.66 Å². The van der Waals surface area contributed by atoms with E-state index in [-0.39, 0.29) is 10.6 Å². The Bertz CT molecular complexity index is 1280. The number of hydrogen-bond donors (Lipinski definition) is 0. The Morgan fingerprint density at radius 1 is 1.13 bits per heavy atom. The lowest BCUT2D eigenvalue weighted by Gasteiger charge is -2.21. The van der Waals surface area contributed by atoms with E-state index < -0.39 is 0 Å². The van der Waals surface area contributed by atoms with Crippen LogP contribution in [0, 0.1) is 10.1 Å². The van der Waals surface area contributed by atoms with Crippen LogP contribution >= 0.6 is 0 Å². The molecule has 30 heavy (non-hydrogen) atoms. The average molecular weight is 399 g/mol. The van der Waals surface area contributed by atoms with Crippen LogP contribution in [0.15, 0.2) is 60.9 Å². The number of hydrogen-bond acceptors (Lipinski definition) is 7. The Kier molecular flexibility index (Phi) is 4.24. The van der Waals surface area contributed by atoms with Gasteiger partial charge >= 0.3 is 0 Å². The fourth-order valence-electron chi connectivity index (χ4n) is 3.77. The number of methoxy groups -OCH3 is 1. The van der Waals surface area contributed by atoms with Gasteiger partial charge in [0.1, 0.15) is 11.6 Å². The maximum Gasteiger partial charge on any atom is 0.269 e. The van der Waals surface area contributed by atoms with Gasteiger partial charge in [-0.15, -0.1) is 0 Å². The number of nitro groups is 1. The molecule has 0 aliphatic carbocycles. The zero-order valence-corrected chi connectivity index (χ0v) is 16.1. The first kappa shape index (κ1) is 18.0. The second kappa shape index (κ2) is 7.07. The SMILES string of the molecule is COc1ccc2nc(-c3cccnc3)nc(N3CCc4cc([N+](=O)[O-])ccc43)c2c1. The number of pyridine rings is 1. The third kappa shape index (κ3) is 2.98. The third-order valence-electron chi connectivity index (χ3n) is 5.23. The first-order valence-corrected chi connectivity index (χ1v) is 9.45. The van der Waals surface area contributed by atoms with Crippen molar-refractivity contribution in [2.45, 2.75) is 6.42 Å². The van der Waals surface area contributed by atoms with E-state index in [1.54, 1.807) is 31.6 Å². The molecule has 5 rings (SSSR count). The maximum atomic E-state index is 11.2. The Morgan fingerprint density at radius 3 is 2.80 bits per heavy atom. The first-order valence-electron chi connectivity index (χ1n) is 9.45. The van der Waals surface area contributed by atoms with Gasteiger partial charge in [-0.2, -0.15) is 0 Å². The number of nitrogens with zero attached hydrogens (tertiary/aromatic N) is 5. The molecule has 0 bridgehead atoms. The van der Waals surface area contributed by atoms with Gasteiger partial charge in [-0.25, -0.2) is 9.97 Å². The van der Waals surface area contributed by atoms with E-state index in [2.05, 4.69) is 9.88 Å². The second-order valence-electron chi connectivity index (χ2n) is 6.97. The zero-order chi connectivity index (χ0) is 20.7. The van der Waals surface area contributed by atoms with Gasteiger partial charge in [0.25, 0.3) is 5.69 Å². The van der Waals surface area contributed by atoms with E-state index in [4.69, 9.17) is 14.7 Å². The van der Waals surface area contributed by atoms with E-state index in [9.17, 15) is 10.1 Å². The molecule has 4 aromatic rings. The molecule has 0 unspecified atom stereocenters. The summed E-state index contributed by atoms with van der Waals surface area (Å²) in [6, 6.07) is 14.4. The Labute approximate surface area is 172 Å². The summed E-state index contributed by atoms with van der Waals surface area (Å²) in [4.78, 5) is 26.6. The van der Waals surface area contributed by atoms with Gasteiger partial charge in [-0.05, 0) is 48.4 Å². The molecule has 0 amide bonds. The van der Waals surface area contributed by atoms with Crippen LogP contribution < -0.4 is 9.64 Å². The molecular weight excluding hydrogens is 382 g/mol. The topological polar surface area (TPSA) is 94.3 Å². The summed E-state index contributed by atoms with van der Waals surface area (Å²) in [6.07, 6.45) is 4.14. The molecule has 8 nitrogen and oxygen atoms in total. The number of benzene rings is 2. The number of aromatic nitrogens is 3. The fraction of sp³-hybridized carbons (Fsp3) is 0.136. The standard InChI is InChI=1S/C22H17N5O3/c1-30-17-5-6-19-18(12-17)22(25-21(24-19)15-3-2-9-23-13-15)26-10-8-14-11-16(27(28)29)4-7-20(14)26/h2-7,9,11-13H,8,10H2,1H3. The Hall–Kier alpha value is -4.07. The van der Waals surface area contributed by atoms with Gasteiger partial charge in [-0.1, -0.05) is 0 Å². The van der Waals surface area contributed by atoms with Gasteiger partial charge in [-0.3, -0.25) is 15.1 Å². The average Bonchev–Trinajstić information content (AvgIpc) is 3.21. The molecule has 2 aromatic heterocycles. The number of rotatable bonds is 4. The van der Waals surface area contributed by atoms with Crippen molar-refractivity contribution in [3.63, 3.8) is 0 Å². The molecule has 8 heteroatoms. The summed E-state index contributed by atoms with van der Waals surface area (Å²) in [5.74, 6) is 2.03. The van der Waals surface area contributed by atoms with Crippen molar-refractivity contribution in [1.82, 2.24) is 15.0 Å². The molecule has 0 spiro atoms. The maximum absolute atomic E-state index is 11.2. The molecule has 0 radical (unpaired) electrons. The number of nitro benzene ring substituents is 1. The van der Waals surface area contributed by atoms with E-state index in [1.165, 1.54) is 6.07 Å². The van der Waals surface area contributed by atoms with E-state index in [0.29, 0.717) is 24.5 Å². The highest BCUT2D eigenvalue weighted by molar-refractivity contribution is 5.94. The predicted octanol–water partition coefficient (Wildman–Crippen LogP) is 4.30. The number of anilines is 2. The summed E-state index contributed by atoms with van der Waals surface area (Å²) in [5.41, 5.74) is 3.55. The summed E-state index contributed by atoms with van der Waals surface area (Å²) >= 11 is 0. The molecule has 148 valence electrons. The van der Waals surface area contributed by atoms with E-state index in [1.807, 2.05) is 30.3 Å². The molecule has 1 aliphatic heterocycles. The molecule has 2 aromatic carbocycles. The number of non-ortho nitro benzene ring substituents is 1. The molecule has 1 aliphatic rings. The highest BCUT2D eigenvalue weighted by atomic mass is 16.6. The molecule has 0 saturated heterocycles. The van der Waals surface area contributed by atoms with Crippen LogP contribution in [0.5, 0.6) is 5.75 Å². The van der Waals surface area contributed by atoms with Gasteiger partial charge in [0, 0.05) is 47.7 Å². The molecule has 0 fully saturated rings. The van der Waals surface area contributed by atoms with Crippen LogP contribution in [-0.2, 0) is 6.42 Å². The third-order valence-corrected chi connectivity index (χ3v) is 5.23. The highest BCUT2D eigenvalue weighted by Crippen LogP contribution is 2.39. The number of fused-ring (bicyclic) bond motifs is 2. The molecule has 0 atom stereocenters. The van der Waals surface area contributed by atoms with E-state index >= 15 is 0 Å². The largest absolute Gasteiger partial charge is 0.497 e. The van der Waals surface area contributed by atoms with E-state index in [0.717, 1.165) is 33.5 Å². The molecular formula is C22H17N5O3. The Morgan fingerprint density at radius 2 is 2.03 bits per heavy atom. The lowest BCUT2D eigenvalue weighted by Crippen LogP contribution is -2.16. The smallest absolute Gasteiger partial charge is 0.269 e. The monoisotopic (exact) mass is 399 g/mol. The molecule has 0 saturated carbocycles. The van der Waals surface area contributed by atoms with Crippen LogP contribution in [0.2, 0.25) is 0 Å². The second-order valence-corrected chi connectivity index (χ2v) is 6.97. The van der Waals surface area contributed by atoms with Gasteiger partial charge in [0.05, 0.1) is 17.5 Å². The van der Waals surface area contributed by atoms with Crippen molar-refractivity contribution in [1.29, 1.82) is 0 Å². The summed E-state index contributed by atoms with van der Waals surface area (Å²) in [7, 11) is 1.62. The summed E-state index contributed by atoms with van der Waals surface area (Å²) in [5, 5.41) is 12.0. The highest BCUT2D eigenvalue weighted by Gasteiger charge is 2.26. The van der Waals surface area contributed by atoms with Crippen molar-refractivity contribution >= 4 is 28.1 Å². The minimum absolute atomic E-state index is 0.0980. The van der Waals surface area contributed by atoms with Crippen LogP contribution in [0.4, 0.5) is 17.2 Å². The van der Waals surface area contributed by atoms with Crippen LogP contribution in [0.3, 0.4) is 0 Å². The van der Waals surface area contributed by atoms with Crippen molar-refractivity contribution in [3.05, 3.63) is 76.6 Å². The quantitative estimate of drug-likeness (QED) is 0.373. The normalized spacial score (nSPS) is 12.8. The van der Waals surface area contributed by atoms with Crippen molar-refractivity contribution in [3.8, 4) is 17.1 Å².